The Balaban J connectivity index is 1.66. The highest BCUT2D eigenvalue weighted by molar-refractivity contribution is 7.07. The third kappa shape index (κ3) is 2.45. The second kappa shape index (κ2) is 5.02. The maximum atomic E-state index is 12.6. The summed E-state index contributed by atoms with van der Waals surface area (Å²) < 4.78 is 0. The molecule has 3 nitrogen and oxygen atoms in total. The maximum Gasteiger partial charge on any atom is 0.226 e. The standard InChI is InChI=1S/C14H20N2OS/c1-10(12-6-15-7-12)14(17)16(13-2-3-13)8-11-4-5-18-9-11/h4-5,9-10,12-13,15H,2-3,6-8H2,1H3. The van der Waals surface area contributed by atoms with Gasteiger partial charge < -0.3 is 10.2 Å². The molecule has 0 bridgehead atoms. The van der Waals surface area contributed by atoms with Gasteiger partial charge in [-0.3, -0.25) is 4.79 Å². The van der Waals surface area contributed by atoms with Crippen LogP contribution in [0.2, 0.25) is 0 Å². The van der Waals surface area contributed by atoms with E-state index in [1.807, 2.05) is 0 Å². The van der Waals surface area contributed by atoms with E-state index in [9.17, 15) is 4.79 Å². The molecule has 1 saturated heterocycles. The molecule has 4 heteroatoms. The highest BCUT2D eigenvalue weighted by Crippen LogP contribution is 2.31. The van der Waals surface area contributed by atoms with Crippen LogP contribution in [0.15, 0.2) is 16.8 Å². The van der Waals surface area contributed by atoms with Crippen molar-refractivity contribution in [3.8, 4) is 0 Å². The molecule has 1 unspecified atom stereocenters. The van der Waals surface area contributed by atoms with Gasteiger partial charge in [0.05, 0.1) is 0 Å². The van der Waals surface area contributed by atoms with Crippen molar-refractivity contribution in [3.63, 3.8) is 0 Å². The van der Waals surface area contributed by atoms with Crippen molar-refractivity contribution in [2.75, 3.05) is 13.1 Å². The first kappa shape index (κ1) is 12.2. The molecule has 18 heavy (non-hydrogen) atoms. The summed E-state index contributed by atoms with van der Waals surface area (Å²) in [6.45, 7) is 4.90. The Morgan fingerprint density at radius 1 is 1.56 bits per heavy atom. The van der Waals surface area contributed by atoms with Crippen molar-refractivity contribution in [2.45, 2.75) is 32.4 Å². The predicted octanol–water partition coefficient (Wildman–Crippen LogP) is 2.09. The molecule has 1 aromatic heterocycles. The average molecular weight is 264 g/mol. The summed E-state index contributed by atoms with van der Waals surface area (Å²) in [6.07, 6.45) is 2.37. The smallest absolute Gasteiger partial charge is 0.226 e. The number of nitrogens with one attached hydrogen (secondary N) is 1. The molecule has 1 N–H and O–H groups in total. The molecule has 1 aliphatic carbocycles. The van der Waals surface area contributed by atoms with Crippen LogP contribution < -0.4 is 5.32 Å². The van der Waals surface area contributed by atoms with Crippen LogP contribution in [0.3, 0.4) is 0 Å². The fourth-order valence-corrected chi connectivity index (χ4v) is 3.14. The molecule has 1 amide bonds. The highest BCUT2D eigenvalue weighted by Gasteiger charge is 2.38. The average Bonchev–Trinajstić information content (AvgIpc) is 3.00. The zero-order chi connectivity index (χ0) is 12.5. The first-order chi connectivity index (χ1) is 8.75. The number of carbonyl (C=O) groups is 1. The fourth-order valence-electron chi connectivity index (χ4n) is 2.48. The van der Waals surface area contributed by atoms with E-state index in [0.29, 0.717) is 17.9 Å². The molecular formula is C14H20N2OS. The van der Waals surface area contributed by atoms with E-state index < -0.39 is 0 Å². The molecule has 1 saturated carbocycles. The molecule has 1 atom stereocenters. The zero-order valence-corrected chi connectivity index (χ0v) is 11.6. The van der Waals surface area contributed by atoms with Crippen LogP contribution in [0.5, 0.6) is 0 Å². The van der Waals surface area contributed by atoms with Gasteiger partial charge in [-0.2, -0.15) is 11.3 Å². The van der Waals surface area contributed by atoms with Crippen LogP contribution in [0.4, 0.5) is 0 Å². The quantitative estimate of drug-likeness (QED) is 0.883. The lowest BCUT2D eigenvalue weighted by molar-refractivity contribution is -0.138. The van der Waals surface area contributed by atoms with Gasteiger partial charge in [-0.1, -0.05) is 6.92 Å². The molecule has 2 aliphatic rings. The number of nitrogens with zero attached hydrogens (tertiary/aromatic N) is 1. The number of rotatable bonds is 5. The van der Waals surface area contributed by atoms with E-state index in [1.54, 1.807) is 11.3 Å². The van der Waals surface area contributed by atoms with Gasteiger partial charge in [-0.05, 0) is 54.2 Å². The van der Waals surface area contributed by atoms with Gasteiger partial charge in [-0.15, -0.1) is 0 Å². The molecule has 1 aliphatic heterocycles. The van der Waals surface area contributed by atoms with Crippen molar-refractivity contribution in [2.24, 2.45) is 11.8 Å². The minimum atomic E-state index is 0.172. The molecule has 1 aromatic rings. The van der Waals surface area contributed by atoms with Crippen molar-refractivity contribution >= 4 is 17.2 Å². The number of amides is 1. The van der Waals surface area contributed by atoms with Crippen LogP contribution in [-0.4, -0.2) is 29.9 Å². The summed E-state index contributed by atoms with van der Waals surface area (Å²) in [5.74, 6) is 1.07. The van der Waals surface area contributed by atoms with E-state index in [0.717, 1.165) is 19.6 Å². The Bertz CT molecular complexity index is 409. The third-order valence-corrected chi connectivity index (χ3v) is 4.85. The Kier molecular flexibility index (Phi) is 3.39. The highest BCUT2D eigenvalue weighted by atomic mass is 32.1. The summed E-state index contributed by atoms with van der Waals surface area (Å²) >= 11 is 1.71. The Hall–Kier alpha value is -0.870. The van der Waals surface area contributed by atoms with Gasteiger partial charge >= 0.3 is 0 Å². The van der Waals surface area contributed by atoms with Gasteiger partial charge in [0, 0.05) is 18.5 Å². The lowest BCUT2D eigenvalue weighted by atomic mass is 9.88. The fraction of sp³-hybridized carbons (Fsp3) is 0.643. The monoisotopic (exact) mass is 264 g/mol. The van der Waals surface area contributed by atoms with Crippen LogP contribution >= 0.6 is 11.3 Å². The topological polar surface area (TPSA) is 32.3 Å². The van der Waals surface area contributed by atoms with Gasteiger partial charge in [0.1, 0.15) is 0 Å². The van der Waals surface area contributed by atoms with E-state index in [4.69, 9.17) is 0 Å². The van der Waals surface area contributed by atoms with Crippen molar-refractivity contribution in [3.05, 3.63) is 22.4 Å². The second-order valence-electron chi connectivity index (χ2n) is 5.54. The summed E-state index contributed by atoms with van der Waals surface area (Å²) in [7, 11) is 0. The molecule has 0 radical (unpaired) electrons. The molecule has 0 aromatic carbocycles. The Morgan fingerprint density at radius 2 is 2.33 bits per heavy atom. The first-order valence-electron chi connectivity index (χ1n) is 6.78. The van der Waals surface area contributed by atoms with Crippen LogP contribution in [-0.2, 0) is 11.3 Å². The molecule has 0 spiro atoms. The minimum absolute atomic E-state index is 0.172. The van der Waals surface area contributed by atoms with Gasteiger partial charge in [0.15, 0.2) is 0 Å². The zero-order valence-electron chi connectivity index (χ0n) is 10.8. The van der Waals surface area contributed by atoms with Crippen LogP contribution in [0.25, 0.3) is 0 Å². The number of hydrogen-bond donors (Lipinski definition) is 1. The molecular weight excluding hydrogens is 244 g/mol. The minimum Gasteiger partial charge on any atom is -0.335 e. The summed E-state index contributed by atoms with van der Waals surface area (Å²) in [4.78, 5) is 14.7. The van der Waals surface area contributed by atoms with Gasteiger partial charge in [0.2, 0.25) is 5.91 Å². The number of hydrogen-bond acceptors (Lipinski definition) is 3. The van der Waals surface area contributed by atoms with Gasteiger partial charge in [0.25, 0.3) is 0 Å². The maximum absolute atomic E-state index is 12.6. The summed E-state index contributed by atoms with van der Waals surface area (Å²) in [5, 5.41) is 7.50. The number of carbonyl (C=O) groups excluding carboxylic acids is 1. The van der Waals surface area contributed by atoms with E-state index in [2.05, 4.69) is 34.0 Å². The molecule has 2 heterocycles. The SMILES string of the molecule is CC(C(=O)N(Cc1ccsc1)C1CC1)C1CNC1. The molecule has 98 valence electrons. The van der Waals surface area contributed by atoms with Crippen molar-refractivity contribution < 1.29 is 4.79 Å². The largest absolute Gasteiger partial charge is 0.335 e. The lowest BCUT2D eigenvalue weighted by Gasteiger charge is -2.35. The van der Waals surface area contributed by atoms with Crippen LogP contribution in [0, 0.1) is 11.8 Å². The predicted molar refractivity (Wildman–Crippen MR) is 73.4 cm³/mol. The first-order valence-corrected chi connectivity index (χ1v) is 7.72. The van der Waals surface area contributed by atoms with E-state index in [1.165, 1.54) is 18.4 Å². The summed E-state index contributed by atoms with van der Waals surface area (Å²) in [5.41, 5.74) is 1.28. The van der Waals surface area contributed by atoms with Crippen molar-refractivity contribution in [1.29, 1.82) is 0 Å². The van der Waals surface area contributed by atoms with Gasteiger partial charge in [-0.25, -0.2) is 0 Å². The molecule has 2 fully saturated rings. The van der Waals surface area contributed by atoms with Crippen LogP contribution in [0.1, 0.15) is 25.3 Å². The number of thiophene rings is 1. The normalized spacial score (nSPS) is 21.4. The van der Waals surface area contributed by atoms with E-state index in [-0.39, 0.29) is 5.92 Å². The lowest BCUT2D eigenvalue weighted by Crippen LogP contribution is -2.50. The third-order valence-electron chi connectivity index (χ3n) is 4.11. The van der Waals surface area contributed by atoms with E-state index >= 15 is 0 Å². The Labute approximate surface area is 112 Å². The second-order valence-corrected chi connectivity index (χ2v) is 6.32. The Morgan fingerprint density at radius 3 is 2.83 bits per heavy atom. The van der Waals surface area contributed by atoms with Crippen molar-refractivity contribution in [1.82, 2.24) is 10.2 Å². The summed E-state index contributed by atoms with van der Waals surface area (Å²) in [6, 6.07) is 2.64. The molecule has 3 rings (SSSR count).